The van der Waals surface area contributed by atoms with E-state index in [1.54, 1.807) is 0 Å². The highest BCUT2D eigenvalue weighted by Gasteiger charge is 2.16. The van der Waals surface area contributed by atoms with Crippen molar-refractivity contribution in [2.24, 2.45) is 0 Å². The number of hydrogen-bond acceptors (Lipinski definition) is 2. The Balaban J connectivity index is 1.78. The average Bonchev–Trinajstić information content (AvgIpc) is 2.41. The Morgan fingerprint density at radius 1 is 1.32 bits per heavy atom. The SMILES string of the molecule is Cc1ccc(CC(O)CSC2CCCCC2)c(Cl)c1. The van der Waals surface area contributed by atoms with Gasteiger partial charge in [0.2, 0.25) is 0 Å². The number of aryl methyl sites for hydroxylation is 1. The molecular formula is C16H23ClOS. The largest absolute Gasteiger partial charge is 0.392 e. The van der Waals surface area contributed by atoms with Crippen LogP contribution in [0.25, 0.3) is 0 Å². The zero-order chi connectivity index (χ0) is 13.7. The molecule has 2 rings (SSSR count). The fourth-order valence-electron chi connectivity index (χ4n) is 2.61. The molecular weight excluding hydrogens is 276 g/mol. The number of aliphatic hydroxyl groups is 1. The number of rotatable bonds is 5. The van der Waals surface area contributed by atoms with Crippen molar-refractivity contribution < 1.29 is 5.11 Å². The molecule has 1 atom stereocenters. The molecule has 1 nitrogen and oxygen atoms in total. The molecule has 0 spiro atoms. The monoisotopic (exact) mass is 298 g/mol. The van der Waals surface area contributed by atoms with Crippen molar-refractivity contribution in [2.45, 2.75) is 56.8 Å². The van der Waals surface area contributed by atoms with Crippen LogP contribution in [0.15, 0.2) is 18.2 Å². The van der Waals surface area contributed by atoms with E-state index in [2.05, 4.69) is 6.07 Å². The summed E-state index contributed by atoms with van der Waals surface area (Å²) >= 11 is 8.15. The molecule has 0 amide bonds. The Hall–Kier alpha value is -0.180. The van der Waals surface area contributed by atoms with Crippen LogP contribution in [0.2, 0.25) is 5.02 Å². The van der Waals surface area contributed by atoms with E-state index in [9.17, 15) is 5.11 Å². The molecule has 0 bridgehead atoms. The molecule has 1 fully saturated rings. The van der Waals surface area contributed by atoms with Crippen molar-refractivity contribution in [2.75, 3.05) is 5.75 Å². The smallest absolute Gasteiger partial charge is 0.0671 e. The molecule has 106 valence electrons. The lowest BCUT2D eigenvalue weighted by Crippen LogP contribution is -2.18. The highest BCUT2D eigenvalue weighted by molar-refractivity contribution is 7.99. The third kappa shape index (κ3) is 5.02. The highest BCUT2D eigenvalue weighted by atomic mass is 35.5. The van der Waals surface area contributed by atoms with Crippen LogP contribution >= 0.6 is 23.4 Å². The molecule has 1 N–H and O–H groups in total. The predicted molar refractivity (Wildman–Crippen MR) is 85.2 cm³/mol. The van der Waals surface area contributed by atoms with E-state index >= 15 is 0 Å². The summed E-state index contributed by atoms with van der Waals surface area (Å²) in [5.74, 6) is 0.828. The van der Waals surface area contributed by atoms with Gasteiger partial charge in [0.1, 0.15) is 0 Å². The Bertz CT molecular complexity index is 402. The van der Waals surface area contributed by atoms with Crippen molar-refractivity contribution in [1.82, 2.24) is 0 Å². The van der Waals surface area contributed by atoms with Crippen molar-refractivity contribution in [1.29, 1.82) is 0 Å². The minimum absolute atomic E-state index is 0.285. The molecule has 1 aliphatic carbocycles. The van der Waals surface area contributed by atoms with E-state index in [0.717, 1.165) is 21.6 Å². The number of aliphatic hydroxyl groups excluding tert-OH is 1. The Morgan fingerprint density at radius 2 is 2.05 bits per heavy atom. The third-order valence-electron chi connectivity index (χ3n) is 3.74. The van der Waals surface area contributed by atoms with Crippen LogP contribution in [-0.2, 0) is 6.42 Å². The van der Waals surface area contributed by atoms with Crippen LogP contribution in [0.5, 0.6) is 0 Å². The average molecular weight is 299 g/mol. The quantitative estimate of drug-likeness (QED) is 0.856. The maximum Gasteiger partial charge on any atom is 0.0671 e. The molecule has 1 saturated carbocycles. The van der Waals surface area contributed by atoms with Gasteiger partial charge in [-0.2, -0.15) is 11.8 Å². The lowest BCUT2D eigenvalue weighted by Gasteiger charge is -2.22. The Kier molecular flexibility index (Phi) is 6.06. The van der Waals surface area contributed by atoms with Gasteiger partial charge in [0.05, 0.1) is 6.10 Å². The van der Waals surface area contributed by atoms with Crippen molar-refractivity contribution in [3.05, 3.63) is 34.3 Å². The van der Waals surface area contributed by atoms with Crippen LogP contribution in [0.1, 0.15) is 43.2 Å². The van der Waals surface area contributed by atoms with Gasteiger partial charge in [-0.1, -0.05) is 43.0 Å². The summed E-state index contributed by atoms with van der Waals surface area (Å²) in [6.45, 7) is 2.03. The second-order valence-electron chi connectivity index (χ2n) is 5.55. The molecule has 1 aromatic carbocycles. The lowest BCUT2D eigenvalue weighted by atomic mass is 10.0. The molecule has 1 aromatic rings. The van der Waals surface area contributed by atoms with Gasteiger partial charge in [-0.3, -0.25) is 0 Å². The second-order valence-corrected chi connectivity index (χ2v) is 7.29. The van der Waals surface area contributed by atoms with Gasteiger partial charge in [-0.05, 0) is 37.0 Å². The van der Waals surface area contributed by atoms with Crippen LogP contribution in [0.4, 0.5) is 0 Å². The number of benzene rings is 1. The minimum Gasteiger partial charge on any atom is -0.392 e. The summed E-state index contributed by atoms with van der Waals surface area (Å²) in [6.07, 6.45) is 7.13. The molecule has 0 saturated heterocycles. The second kappa shape index (κ2) is 7.56. The molecule has 1 aliphatic rings. The highest BCUT2D eigenvalue weighted by Crippen LogP contribution is 2.29. The molecule has 1 unspecified atom stereocenters. The molecule has 3 heteroatoms. The zero-order valence-electron chi connectivity index (χ0n) is 11.6. The number of thioether (sulfide) groups is 1. The first kappa shape index (κ1) is 15.2. The maximum absolute atomic E-state index is 10.1. The lowest BCUT2D eigenvalue weighted by molar-refractivity contribution is 0.200. The summed E-state index contributed by atoms with van der Waals surface area (Å²) in [5.41, 5.74) is 2.23. The van der Waals surface area contributed by atoms with Crippen molar-refractivity contribution in [3.63, 3.8) is 0 Å². The Morgan fingerprint density at radius 3 is 2.74 bits per heavy atom. The fourth-order valence-corrected chi connectivity index (χ4v) is 4.20. The molecule has 0 heterocycles. The van der Waals surface area contributed by atoms with E-state index in [1.165, 1.54) is 37.7 Å². The standard InChI is InChI=1S/C16H23ClOS/c1-12-7-8-13(16(17)9-12)10-14(18)11-19-15-5-3-2-4-6-15/h7-9,14-15,18H,2-6,10-11H2,1H3. The number of hydrogen-bond donors (Lipinski definition) is 1. The number of halogens is 1. The summed E-state index contributed by atoms with van der Waals surface area (Å²) in [6, 6.07) is 6.06. The normalized spacial score (nSPS) is 18.5. The van der Waals surface area contributed by atoms with Gasteiger partial charge in [-0.25, -0.2) is 0 Å². The summed E-state index contributed by atoms with van der Waals surface area (Å²) < 4.78 is 0. The molecule has 0 aliphatic heterocycles. The first-order valence-electron chi connectivity index (χ1n) is 7.20. The van der Waals surface area contributed by atoms with Gasteiger partial charge >= 0.3 is 0 Å². The van der Waals surface area contributed by atoms with Crippen molar-refractivity contribution >= 4 is 23.4 Å². The van der Waals surface area contributed by atoms with Crippen LogP contribution in [0, 0.1) is 6.92 Å². The summed E-state index contributed by atoms with van der Waals surface area (Å²) in [4.78, 5) is 0. The van der Waals surface area contributed by atoms with Gasteiger partial charge in [0.15, 0.2) is 0 Å². The van der Waals surface area contributed by atoms with E-state index < -0.39 is 0 Å². The van der Waals surface area contributed by atoms with E-state index in [-0.39, 0.29) is 6.10 Å². The minimum atomic E-state index is -0.285. The van der Waals surface area contributed by atoms with E-state index in [0.29, 0.717) is 6.42 Å². The van der Waals surface area contributed by atoms with Gasteiger partial charge in [0, 0.05) is 22.4 Å². The van der Waals surface area contributed by atoms with E-state index in [1.807, 2.05) is 30.8 Å². The van der Waals surface area contributed by atoms with Crippen LogP contribution in [0.3, 0.4) is 0 Å². The van der Waals surface area contributed by atoms with Crippen LogP contribution in [-0.4, -0.2) is 22.2 Å². The van der Waals surface area contributed by atoms with E-state index in [4.69, 9.17) is 11.6 Å². The first-order valence-corrected chi connectivity index (χ1v) is 8.62. The molecule has 19 heavy (non-hydrogen) atoms. The molecule has 0 aromatic heterocycles. The van der Waals surface area contributed by atoms with Crippen molar-refractivity contribution in [3.8, 4) is 0 Å². The first-order chi connectivity index (χ1) is 9.15. The zero-order valence-corrected chi connectivity index (χ0v) is 13.1. The topological polar surface area (TPSA) is 20.2 Å². The summed E-state index contributed by atoms with van der Waals surface area (Å²) in [7, 11) is 0. The van der Waals surface area contributed by atoms with Gasteiger partial charge in [-0.15, -0.1) is 0 Å². The Labute approximate surface area is 125 Å². The van der Waals surface area contributed by atoms with Gasteiger partial charge < -0.3 is 5.11 Å². The maximum atomic E-state index is 10.1. The molecule has 0 radical (unpaired) electrons. The fraction of sp³-hybridized carbons (Fsp3) is 0.625. The van der Waals surface area contributed by atoms with Gasteiger partial charge in [0.25, 0.3) is 0 Å². The van der Waals surface area contributed by atoms with Crippen LogP contribution < -0.4 is 0 Å². The third-order valence-corrected chi connectivity index (χ3v) is 5.61. The summed E-state index contributed by atoms with van der Waals surface area (Å²) in [5, 5.41) is 11.7. The predicted octanol–water partition coefficient (Wildman–Crippen LogP) is 4.62.